The van der Waals surface area contributed by atoms with E-state index in [2.05, 4.69) is 5.32 Å². The Labute approximate surface area is 108 Å². The molecule has 18 heavy (non-hydrogen) atoms. The number of hydrogen-bond donors (Lipinski definition) is 1. The van der Waals surface area contributed by atoms with Gasteiger partial charge < -0.3 is 14.8 Å². The van der Waals surface area contributed by atoms with Gasteiger partial charge in [0.15, 0.2) is 0 Å². The summed E-state index contributed by atoms with van der Waals surface area (Å²) in [6.07, 6.45) is -0.148. The summed E-state index contributed by atoms with van der Waals surface area (Å²) in [5.41, 5.74) is 1.16. The van der Waals surface area contributed by atoms with Gasteiger partial charge in [0, 0.05) is 20.6 Å². The van der Waals surface area contributed by atoms with Crippen LogP contribution in [0.3, 0.4) is 0 Å². The Bertz CT molecular complexity index is 353. The molecule has 4 nitrogen and oxygen atoms in total. The predicted molar refractivity (Wildman–Crippen MR) is 70.3 cm³/mol. The van der Waals surface area contributed by atoms with Crippen molar-refractivity contribution < 1.29 is 14.3 Å². The molecule has 1 N–H and O–H groups in total. The van der Waals surface area contributed by atoms with Gasteiger partial charge in [-0.25, -0.2) is 0 Å². The zero-order valence-electron chi connectivity index (χ0n) is 11.2. The first-order valence-electron chi connectivity index (χ1n) is 6.08. The zero-order valence-corrected chi connectivity index (χ0v) is 11.2. The van der Waals surface area contributed by atoms with Crippen molar-refractivity contribution in [1.29, 1.82) is 0 Å². The number of hydrogen-bond acceptors (Lipinski definition) is 4. The van der Waals surface area contributed by atoms with Crippen LogP contribution in [0.2, 0.25) is 0 Å². The van der Waals surface area contributed by atoms with Crippen LogP contribution in [0.15, 0.2) is 30.3 Å². The van der Waals surface area contributed by atoms with Gasteiger partial charge in [-0.2, -0.15) is 0 Å². The van der Waals surface area contributed by atoms with E-state index in [4.69, 9.17) is 9.47 Å². The molecule has 0 unspecified atom stereocenters. The molecule has 0 aliphatic rings. The monoisotopic (exact) mass is 251 g/mol. The van der Waals surface area contributed by atoms with Crippen LogP contribution in [0, 0.1) is 0 Å². The molecule has 0 bridgehead atoms. The molecule has 0 spiro atoms. The molecule has 0 aromatic heterocycles. The largest absolute Gasteiger partial charge is 0.462 e. The summed E-state index contributed by atoms with van der Waals surface area (Å²) in [6.45, 7) is 4.46. The molecule has 100 valence electrons. The molecular formula is C14H21NO3. The van der Waals surface area contributed by atoms with Crippen molar-refractivity contribution in [1.82, 2.24) is 5.32 Å². The Hall–Kier alpha value is -1.39. The van der Waals surface area contributed by atoms with Crippen molar-refractivity contribution in [2.45, 2.75) is 26.0 Å². The Balaban J connectivity index is 2.51. The molecule has 4 heteroatoms. The maximum Gasteiger partial charge on any atom is 0.302 e. The standard InChI is InChI=1S/C14H21NO3/c1-11(18-12(2)16)9-15-14(10-17-3)13-7-5-4-6-8-13/h4-8,11,14-15H,9-10H2,1-3H3/t11-,14-/m0/s1. The van der Waals surface area contributed by atoms with Crippen molar-refractivity contribution in [3.63, 3.8) is 0 Å². The average Bonchev–Trinajstić information content (AvgIpc) is 2.34. The minimum Gasteiger partial charge on any atom is -0.462 e. The topological polar surface area (TPSA) is 47.6 Å². The van der Waals surface area contributed by atoms with Crippen molar-refractivity contribution in [2.24, 2.45) is 0 Å². The van der Waals surface area contributed by atoms with E-state index in [0.717, 1.165) is 5.56 Å². The van der Waals surface area contributed by atoms with E-state index in [9.17, 15) is 4.79 Å². The molecule has 1 aromatic rings. The van der Waals surface area contributed by atoms with Gasteiger partial charge in [-0.3, -0.25) is 4.79 Å². The molecule has 1 aromatic carbocycles. The number of carbonyl (C=O) groups is 1. The maximum absolute atomic E-state index is 10.8. The van der Waals surface area contributed by atoms with Gasteiger partial charge in [0.1, 0.15) is 6.10 Å². The fourth-order valence-corrected chi connectivity index (χ4v) is 1.76. The summed E-state index contributed by atoms with van der Waals surface area (Å²) in [4.78, 5) is 10.8. The van der Waals surface area contributed by atoms with E-state index in [1.807, 2.05) is 37.3 Å². The Kier molecular flexibility index (Phi) is 6.39. The van der Waals surface area contributed by atoms with Crippen molar-refractivity contribution >= 4 is 5.97 Å². The van der Waals surface area contributed by atoms with Gasteiger partial charge in [-0.05, 0) is 12.5 Å². The summed E-state index contributed by atoms with van der Waals surface area (Å²) < 4.78 is 10.3. The quantitative estimate of drug-likeness (QED) is 0.752. The minimum atomic E-state index is -0.257. The number of rotatable bonds is 7. The highest BCUT2D eigenvalue weighted by molar-refractivity contribution is 5.66. The molecule has 0 saturated heterocycles. The van der Waals surface area contributed by atoms with Crippen LogP contribution < -0.4 is 5.32 Å². The molecule has 2 atom stereocenters. The van der Waals surface area contributed by atoms with Crippen molar-refractivity contribution in [3.8, 4) is 0 Å². The third-order valence-corrected chi connectivity index (χ3v) is 2.55. The lowest BCUT2D eigenvalue weighted by Gasteiger charge is -2.21. The van der Waals surface area contributed by atoms with E-state index >= 15 is 0 Å². The van der Waals surface area contributed by atoms with E-state index < -0.39 is 0 Å². The minimum absolute atomic E-state index is 0.106. The summed E-state index contributed by atoms with van der Waals surface area (Å²) in [5.74, 6) is -0.257. The molecule has 0 aliphatic heterocycles. The lowest BCUT2D eigenvalue weighted by molar-refractivity contribution is -0.145. The molecule has 0 aliphatic carbocycles. The molecule has 0 fully saturated rings. The number of nitrogens with one attached hydrogen (secondary N) is 1. The second-order valence-electron chi connectivity index (χ2n) is 4.25. The van der Waals surface area contributed by atoms with Gasteiger partial charge in [-0.15, -0.1) is 0 Å². The van der Waals surface area contributed by atoms with E-state index in [0.29, 0.717) is 13.2 Å². The van der Waals surface area contributed by atoms with Crippen LogP contribution in [0.4, 0.5) is 0 Å². The Morgan fingerprint density at radius 2 is 2.00 bits per heavy atom. The first-order valence-corrected chi connectivity index (χ1v) is 6.08. The fourth-order valence-electron chi connectivity index (χ4n) is 1.76. The lowest BCUT2D eigenvalue weighted by Crippen LogP contribution is -2.33. The number of methoxy groups -OCH3 is 1. The summed E-state index contributed by atoms with van der Waals surface area (Å²) >= 11 is 0. The summed E-state index contributed by atoms with van der Waals surface area (Å²) in [5, 5.41) is 3.34. The van der Waals surface area contributed by atoms with Gasteiger partial charge in [0.25, 0.3) is 0 Å². The molecule has 0 amide bonds. The lowest BCUT2D eigenvalue weighted by atomic mass is 10.1. The third kappa shape index (κ3) is 5.29. The van der Waals surface area contributed by atoms with Crippen LogP contribution in [-0.4, -0.2) is 32.3 Å². The third-order valence-electron chi connectivity index (χ3n) is 2.55. The maximum atomic E-state index is 10.8. The second kappa shape index (κ2) is 7.84. The highest BCUT2D eigenvalue weighted by Gasteiger charge is 2.13. The van der Waals surface area contributed by atoms with Crippen LogP contribution in [-0.2, 0) is 14.3 Å². The van der Waals surface area contributed by atoms with Crippen LogP contribution in [0.1, 0.15) is 25.5 Å². The average molecular weight is 251 g/mol. The number of ether oxygens (including phenoxy) is 2. The number of carbonyl (C=O) groups excluding carboxylic acids is 1. The first kappa shape index (κ1) is 14.7. The van der Waals surface area contributed by atoms with Gasteiger partial charge in [0.2, 0.25) is 0 Å². The van der Waals surface area contributed by atoms with Crippen LogP contribution in [0.25, 0.3) is 0 Å². The first-order chi connectivity index (χ1) is 8.63. The molecule has 0 radical (unpaired) electrons. The van der Waals surface area contributed by atoms with E-state index in [1.54, 1.807) is 7.11 Å². The highest BCUT2D eigenvalue weighted by Crippen LogP contribution is 2.12. The van der Waals surface area contributed by atoms with Gasteiger partial charge in [-0.1, -0.05) is 30.3 Å². The smallest absolute Gasteiger partial charge is 0.302 e. The number of benzene rings is 1. The Morgan fingerprint density at radius 3 is 2.56 bits per heavy atom. The summed E-state index contributed by atoms with van der Waals surface area (Å²) in [7, 11) is 1.67. The van der Waals surface area contributed by atoms with E-state index in [1.165, 1.54) is 6.92 Å². The predicted octanol–water partition coefficient (Wildman–Crippen LogP) is 1.92. The van der Waals surface area contributed by atoms with Crippen molar-refractivity contribution in [3.05, 3.63) is 35.9 Å². The molecular weight excluding hydrogens is 230 g/mol. The SMILES string of the molecule is COC[C@H](NC[C@H](C)OC(C)=O)c1ccccc1. The molecule has 1 rings (SSSR count). The molecule has 0 heterocycles. The second-order valence-corrected chi connectivity index (χ2v) is 4.25. The van der Waals surface area contributed by atoms with Crippen LogP contribution >= 0.6 is 0 Å². The summed E-state index contributed by atoms with van der Waals surface area (Å²) in [6, 6.07) is 10.2. The van der Waals surface area contributed by atoms with Gasteiger partial charge >= 0.3 is 5.97 Å². The zero-order chi connectivity index (χ0) is 13.4. The van der Waals surface area contributed by atoms with Crippen molar-refractivity contribution in [2.75, 3.05) is 20.3 Å². The fraction of sp³-hybridized carbons (Fsp3) is 0.500. The Morgan fingerprint density at radius 1 is 1.33 bits per heavy atom. The van der Waals surface area contributed by atoms with Gasteiger partial charge in [0.05, 0.1) is 12.6 Å². The normalized spacial score (nSPS) is 13.9. The highest BCUT2D eigenvalue weighted by atomic mass is 16.5. The number of esters is 1. The molecule has 0 saturated carbocycles. The van der Waals surface area contributed by atoms with Crippen LogP contribution in [0.5, 0.6) is 0 Å². The van der Waals surface area contributed by atoms with E-state index in [-0.39, 0.29) is 18.1 Å².